The average molecular weight is 1620 g/mol. The van der Waals surface area contributed by atoms with Gasteiger partial charge in [0.15, 0.2) is 0 Å². The van der Waals surface area contributed by atoms with Crippen LogP contribution in [0, 0.1) is 0 Å². The van der Waals surface area contributed by atoms with Crippen molar-refractivity contribution in [2.24, 2.45) is 0 Å². The fraction of sp³-hybridized carbons (Fsp3) is 0. The van der Waals surface area contributed by atoms with Gasteiger partial charge in [0.25, 0.3) is 0 Å². The van der Waals surface area contributed by atoms with Gasteiger partial charge in [0.1, 0.15) is 0 Å². The van der Waals surface area contributed by atoms with Gasteiger partial charge >= 0.3 is 0 Å². The van der Waals surface area contributed by atoms with Crippen LogP contribution in [0.15, 0.2) is 485 Å². The smallest absolute Gasteiger partial charge is 0.0540 e. The third-order valence-electron chi connectivity index (χ3n) is 24.1. The number of thiophene rings is 2. The van der Waals surface area contributed by atoms with E-state index in [9.17, 15) is 0 Å². The van der Waals surface area contributed by atoms with Crippen molar-refractivity contribution in [1.29, 1.82) is 0 Å². The minimum Gasteiger partial charge on any atom is -0.311 e. The van der Waals surface area contributed by atoms with Gasteiger partial charge in [-0.2, -0.15) is 0 Å². The number of hydrogen-bond donors (Lipinski definition) is 0. The molecule has 0 fully saturated rings. The summed E-state index contributed by atoms with van der Waals surface area (Å²) in [5.41, 5.74) is 31.8. The molecule has 22 rings (SSSR count). The maximum Gasteiger partial charge on any atom is 0.0540 e. The molecule has 2 aromatic heterocycles. The quantitative estimate of drug-likeness (QED) is 0.0754. The van der Waals surface area contributed by atoms with Crippen molar-refractivity contribution in [3.8, 4) is 89.0 Å². The molecule has 20 aromatic carbocycles. The lowest BCUT2D eigenvalue weighted by Crippen LogP contribution is -2.10. The van der Waals surface area contributed by atoms with Crippen LogP contribution in [-0.2, 0) is 0 Å². The van der Waals surface area contributed by atoms with Gasteiger partial charge in [-0.3, -0.25) is 0 Å². The number of nitrogens with zero attached hydrogens (tertiary/aromatic N) is 4. The Kier molecular flexibility index (Phi) is 19.7. The van der Waals surface area contributed by atoms with Crippen LogP contribution in [0.1, 0.15) is 0 Å². The van der Waals surface area contributed by atoms with Crippen molar-refractivity contribution < 1.29 is 0 Å². The summed E-state index contributed by atoms with van der Waals surface area (Å²) in [6, 6.07) is 177. The summed E-state index contributed by atoms with van der Waals surface area (Å²) in [5.74, 6) is 0. The first-order valence-electron chi connectivity index (χ1n) is 42.2. The summed E-state index contributed by atoms with van der Waals surface area (Å²) < 4.78 is 5.23. The van der Waals surface area contributed by atoms with Gasteiger partial charge in [-0.1, -0.05) is 322 Å². The summed E-state index contributed by atoms with van der Waals surface area (Å²) in [7, 11) is 0. The summed E-state index contributed by atoms with van der Waals surface area (Å²) in [4.78, 5) is 9.46. The fourth-order valence-corrected chi connectivity index (χ4v) is 20.1. The van der Waals surface area contributed by atoms with Crippen LogP contribution in [-0.4, -0.2) is 0 Å². The zero-order chi connectivity index (χ0) is 82.2. The maximum absolute atomic E-state index is 2.41. The lowest BCUT2D eigenvalue weighted by atomic mass is 9.97. The number of fused-ring (bicyclic) bond motifs is 7. The largest absolute Gasteiger partial charge is 0.311 e. The molecule has 0 amide bonds. The van der Waals surface area contributed by atoms with Gasteiger partial charge < -0.3 is 19.6 Å². The molecule has 2 heterocycles. The standard InChI is InChI=1S/C118H80N4S2/c1-4-19-81(20-5-1)82-37-39-83(40-38-82)85-47-67-102(68-48-85)121(103-69-53-88(54-70-103)87-49-65-101(66-50-87)120(98-27-8-3-9-28-98)105-75-59-94(60-76-105)109-32-18-33-112-110-30-12-15-36-116(110)124-118(109)112)104-71-57-92(58-72-104)96-24-16-23-95(79-96)91-43-41-84(42-44-91)86-45-61-99(62-46-86)119(97-25-6-2-7-26-97)100-63-51-89(52-64-100)90-55-73-106(74-56-90)122(114-34-17-22-93-21-10-11-29-108(93)114)107-77-78-117-113(80-107)111-31-13-14-35-115(111)123-117/h1-80H. The Morgan fingerprint density at radius 2 is 0.403 bits per heavy atom. The lowest BCUT2D eigenvalue weighted by Gasteiger charge is -2.27. The Hall–Kier alpha value is -15.7. The SMILES string of the molecule is c1ccc(-c2ccc(-c3ccc(N(c4ccc(-c5ccc(N(c6ccccc6)c6ccc(-c7cccc8c7sc7ccccc78)cc6)cc5)cc4)c4ccc(-c5cccc(-c6ccc(-c7ccc(N(c8ccccc8)c8ccc(-c9ccc(N(c%10ccc%11sc%12ccccc%12c%11c%10)c%10cccc%11ccccc%10%11)cc9)cc8)cc7)cc6)c5)cc4)cc3)cc2)cc1. The molecule has 124 heavy (non-hydrogen) atoms. The van der Waals surface area contributed by atoms with E-state index in [0.717, 1.165) is 129 Å². The van der Waals surface area contributed by atoms with Crippen LogP contribution in [0.2, 0.25) is 0 Å². The molecule has 584 valence electrons. The number of para-hydroxylation sites is 2. The molecule has 0 spiro atoms. The van der Waals surface area contributed by atoms with Gasteiger partial charge in [-0.25, -0.2) is 0 Å². The molecule has 0 atom stereocenters. The summed E-state index contributed by atoms with van der Waals surface area (Å²) in [5, 5.41) is 7.60. The van der Waals surface area contributed by atoms with E-state index in [1.165, 1.54) is 78.9 Å². The Morgan fingerprint density at radius 1 is 0.137 bits per heavy atom. The molecule has 0 unspecified atom stereocenters. The molecule has 22 aromatic rings. The van der Waals surface area contributed by atoms with Crippen LogP contribution < -0.4 is 19.6 Å². The minimum atomic E-state index is 1.06. The number of benzene rings is 20. The van der Waals surface area contributed by atoms with E-state index in [2.05, 4.69) is 505 Å². The Morgan fingerprint density at radius 3 is 0.831 bits per heavy atom. The molecular weight excluding hydrogens is 1540 g/mol. The molecular formula is C118H80N4S2. The van der Waals surface area contributed by atoms with Crippen LogP contribution in [0.25, 0.3) is 140 Å². The highest BCUT2D eigenvalue weighted by atomic mass is 32.1. The predicted octanol–water partition coefficient (Wildman–Crippen LogP) is 34.8. The Labute approximate surface area is 730 Å². The molecule has 4 nitrogen and oxygen atoms in total. The molecule has 0 radical (unpaired) electrons. The molecule has 0 N–H and O–H groups in total. The third kappa shape index (κ3) is 14.6. The van der Waals surface area contributed by atoms with Crippen LogP contribution >= 0.6 is 22.7 Å². The predicted molar refractivity (Wildman–Crippen MR) is 532 cm³/mol. The zero-order valence-electron chi connectivity index (χ0n) is 67.8. The second-order valence-corrected chi connectivity index (χ2v) is 33.7. The van der Waals surface area contributed by atoms with Gasteiger partial charge in [0, 0.05) is 108 Å². The summed E-state index contributed by atoms with van der Waals surface area (Å²) in [6.45, 7) is 0. The van der Waals surface area contributed by atoms with Gasteiger partial charge in [-0.15, -0.1) is 22.7 Å². The van der Waals surface area contributed by atoms with Gasteiger partial charge in [-0.05, 0) is 258 Å². The van der Waals surface area contributed by atoms with E-state index < -0.39 is 0 Å². The number of rotatable bonds is 20. The van der Waals surface area contributed by atoms with Gasteiger partial charge in [0.2, 0.25) is 0 Å². The first-order valence-corrected chi connectivity index (χ1v) is 43.9. The van der Waals surface area contributed by atoms with E-state index in [-0.39, 0.29) is 0 Å². The third-order valence-corrected chi connectivity index (χ3v) is 26.5. The van der Waals surface area contributed by atoms with Crippen LogP contribution in [0.4, 0.5) is 68.2 Å². The highest BCUT2D eigenvalue weighted by molar-refractivity contribution is 7.26. The van der Waals surface area contributed by atoms with E-state index in [1.54, 1.807) is 0 Å². The fourth-order valence-electron chi connectivity index (χ4n) is 17.8. The molecule has 0 bridgehead atoms. The van der Waals surface area contributed by atoms with Crippen molar-refractivity contribution in [3.63, 3.8) is 0 Å². The van der Waals surface area contributed by atoms with Crippen LogP contribution in [0.5, 0.6) is 0 Å². The first-order chi connectivity index (χ1) is 61.4. The molecule has 0 aliphatic rings. The van der Waals surface area contributed by atoms with E-state index in [1.807, 2.05) is 22.7 Å². The highest BCUT2D eigenvalue weighted by Gasteiger charge is 2.22. The second kappa shape index (κ2) is 32.8. The number of anilines is 12. The second-order valence-electron chi connectivity index (χ2n) is 31.5. The summed E-state index contributed by atoms with van der Waals surface area (Å²) >= 11 is 3.72. The topological polar surface area (TPSA) is 13.0 Å². The Balaban J connectivity index is 0.508. The van der Waals surface area contributed by atoms with Crippen molar-refractivity contribution in [2.45, 2.75) is 0 Å². The molecule has 0 saturated heterocycles. The monoisotopic (exact) mass is 1620 g/mol. The first kappa shape index (κ1) is 74.6. The molecule has 0 saturated carbocycles. The van der Waals surface area contributed by atoms with Crippen molar-refractivity contribution in [3.05, 3.63) is 485 Å². The van der Waals surface area contributed by atoms with Crippen molar-refractivity contribution in [2.75, 3.05) is 19.6 Å². The van der Waals surface area contributed by atoms with Crippen LogP contribution in [0.3, 0.4) is 0 Å². The normalized spacial score (nSPS) is 11.4. The van der Waals surface area contributed by atoms with Crippen molar-refractivity contribution in [1.82, 2.24) is 0 Å². The van der Waals surface area contributed by atoms with E-state index in [0.29, 0.717) is 0 Å². The zero-order valence-corrected chi connectivity index (χ0v) is 69.4. The molecule has 0 aliphatic carbocycles. The Bertz CT molecular complexity index is 7560. The van der Waals surface area contributed by atoms with E-state index >= 15 is 0 Å². The molecule has 0 aliphatic heterocycles. The van der Waals surface area contributed by atoms with Gasteiger partial charge in [0.05, 0.1) is 5.69 Å². The number of hydrogen-bond acceptors (Lipinski definition) is 6. The maximum atomic E-state index is 2.41. The highest BCUT2D eigenvalue weighted by Crippen LogP contribution is 2.48. The molecule has 6 heteroatoms. The summed E-state index contributed by atoms with van der Waals surface area (Å²) in [6.07, 6.45) is 0. The average Bonchev–Trinajstić information content (AvgIpc) is 1.55. The lowest BCUT2D eigenvalue weighted by molar-refractivity contribution is 1.28. The minimum absolute atomic E-state index is 1.06. The van der Waals surface area contributed by atoms with E-state index in [4.69, 9.17) is 0 Å². The van der Waals surface area contributed by atoms with Crippen molar-refractivity contribution >= 4 is 142 Å².